The molecule has 1 aliphatic rings. The molecule has 1 fully saturated rings. The first-order valence-corrected chi connectivity index (χ1v) is 9.32. The van der Waals surface area contributed by atoms with Gasteiger partial charge >= 0.3 is 0 Å². The number of hydrogen-bond donors (Lipinski definition) is 3. The van der Waals surface area contributed by atoms with Crippen molar-refractivity contribution in [3.05, 3.63) is 66.5 Å². The van der Waals surface area contributed by atoms with E-state index in [1.165, 1.54) is 11.9 Å². The fourth-order valence-corrected chi connectivity index (χ4v) is 3.09. The number of benzene rings is 2. The third-order valence-electron chi connectivity index (χ3n) is 4.52. The van der Waals surface area contributed by atoms with Crippen molar-refractivity contribution >= 4 is 29.2 Å². The predicted octanol–water partition coefficient (Wildman–Crippen LogP) is 3.55. The molecule has 3 aromatic rings. The predicted molar refractivity (Wildman–Crippen MR) is 113 cm³/mol. The van der Waals surface area contributed by atoms with E-state index in [4.69, 9.17) is 0 Å². The smallest absolute Gasteiger partial charge is 0.300 e. The van der Waals surface area contributed by atoms with Gasteiger partial charge in [0.05, 0.1) is 0 Å². The Morgan fingerprint density at radius 2 is 1.83 bits per heavy atom. The molecule has 144 valence electrons. The lowest BCUT2D eigenvalue weighted by Crippen LogP contribution is -2.10. The second kappa shape index (κ2) is 8.40. The number of hydrogen-bond acceptors (Lipinski definition) is 6. The summed E-state index contributed by atoms with van der Waals surface area (Å²) in [5.41, 5.74) is 2.71. The van der Waals surface area contributed by atoms with Crippen molar-refractivity contribution in [1.82, 2.24) is 15.0 Å². The van der Waals surface area contributed by atoms with Gasteiger partial charge in [0, 0.05) is 23.3 Å². The highest BCUT2D eigenvalue weighted by atomic mass is 16.1. The third kappa shape index (κ3) is 4.87. The average Bonchev–Trinajstić information content (AvgIpc) is 3.48. The Bertz CT molecular complexity index is 1070. The van der Waals surface area contributed by atoms with Gasteiger partial charge in [0.25, 0.3) is 5.91 Å². The standard InChI is InChI=1S/C22H20N6O/c1-2-7-20(29)25-16-10-6-11-17(12-16)26-21-23-14-24-22(28-21)27-19-13-18(19)15-8-4-3-5-9-15/h3-6,8-12,14,18-19H,13H2,1H3,(H,25,29)(H2,23,24,26,27,28). The first-order valence-electron chi connectivity index (χ1n) is 9.32. The van der Waals surface area contributed by atoms with Gasteiger partial charge in [0.1, 0.15) is 6.33 Å². The lowest BCUT2D eigenvalue weighted by atomic mass is 10.1. The molecule has 0 bridgehead atoms. The van der Waals surface area contributed by atoms with Crippen LogP contribution in [0.2, 0.25) is 0 Å². The first kappa shape index (κ1) is 18.4. The van der Waals surface area contributed by atoms with Crippen molar-refractivity contribution in [2.45, 2.75) is 25.3 Å². The molecular weight excluding hydrogens is 364 g/mol. The van der Waals surface area contributed by atoms with E-state index in [2.05, 4.69) is 67.0 Å². The molecule has 0 saturated heterocycles. The van der Waals surface area contributed by atoms with E-state index in [0.29, 0.717) is 29.5 Å². The van der Waals surface area contributed by atoms with Crippen molar-refractivity contribution in [3.63, 3.8) is 0 Å². The summed E-state index contributed by atoms with van der Waals surface area (Å²) in [4.78, 5) is 24.5. The summed E-state index contributed by atoms with van der Waals surface area (Å²) < 4.78 is 0. The molecule has 1 aliphatic carbocycles. The molecule has 2 aromatic carbocycles. The van der Waals surface area contributed by atoms with Gasteiger partial charge in [-0.3, -0.25) is 4.79 Å². The summed E-state index contributed by atoms with van der Waals surface area (Å²) in [7, 11) is 0. The monoisotopic (exact) mass is 384 g/mol. The van der Waals surface area contributed by atoms with Crippen LogP contribution < -0.4 is 16.0 Å². The van der Waals surface area contributed by atoms with Gasteiger partial charge in [0.15, 0.2) is 0 Å². The van der Waals surface area contributed by atoms with Crippen LogP contribution in [-0.2, 0) is 4.79 Å². The quantitative estimate of drug-likeness (QED) is 0.563. The number of carbonyl (C=O) groups excluding carboxylic acids is 1. The van der Waals surface area contributed by atoms with Crippen molar-refractivity contribution in [2.75, 3.05) is 16.0 Å². The Labute approximate surface area is 169 Å². The topological polar surface area (TPSA) is 91.8 Å². The van der Waals surface area contributed by atoms with E-state index in [1.54, 1.807) is 19.1 Å². The first-order chi connectivity index (χ1) is 14.2. The summed E-state index contributed by atoms with van der Waals surface area (Å²) in [6.45, 7) is 1.62. The number of aromatic nitrogens is 3. The zero-order valence-corrected chi connectivity index (χ0v) is 15.9. The molecule has 0 aliphatic heterocycles. The van der Waals surface area contributed by atoms with Gasteiger partial charge in [-0.2, -0.15) is 4.98 Å². The normalized spacial score (nSPS) is 16.9. The molecule has 1 amide bonds. The average molecular weight is 384 g/mol. The number of anilines is 4. The Morgan fingerprint density at radius 1 is 1.03 bits per heavy atom. The number of nitrogens with zero attached hydrogens (tertiary/aromatic N) is 3. The molecule has 1 aromatic heterocycles. The summed E-state index contributed by atoms with van der Waals surface area (Å²) >= 11 is 0. The highest BCUT2D eigenvalue weighted by Crippen LogP contribution is 2.42. The van der Waals surface area contributed by atoms with Crippen LogP contribution in [0.15, 0.2) is 60.9 Å². The van der Waals surface area contributed by atoms with Gasteiger partial charge in [0.2, 0.25) is 11.9 Å². The van der Waals surface area contributed by atoms with Crippen LogP contribution in [0.25, 0.3) is 0 Å². The molecule has 0 spiro atoms. The van der Waals surface area contributed by atoms with Crippen molar-refractivity contribution in [2.24, 2.45) is 0 Å². The highest BCUT2D eigenvalue weighted by Gasteiger charge is 2.38. The van der Waals surface area contributed by atoms with E-state index in [9.17, 15) is 4.79 Å². The van der Waals surface area contributed by atoms with E-state index >= 15 is 0 Å². The SMILES string of the molecule is CC#CC(=O)Nc1cccc(Nc2ncnc(NC3CC3c3ccccc3)n2)c1. The molecule has 4 rings (SSSR count). The summed E-state index contributed by atoms with van der Waals surface area (Å²) in [5.74, 6) is 6.11. The van der Waals surface area contributed by atoms with Gasteiger partial charge in [-0.1, -0.05) is 42.3 Å². The molecule has 7 nitrogen and oxygen atoms in total. The van der Waals surface area contributed by atoms with E-state index in [0.717, 1.165) is 12.1 Å². The zero-order chi connectivity index (χ0) is 20.1. The highest BCUT2D eigenvalue weighted by molar-refractivity contribution is 6.04. The maximum absolute atomic E-state index is 11.6. The van der Waals surface area contributed by atoms with E-state index < -0.39 is 0 Å². The zero-order valence-electron chi connectivity index (χ0n) is 15.9. The largest absolute Gasteiger partial charge is 0.351 e. The lowest BCUT2D eigenvalue weighted by Gasteiger charge is -2.09. The molecular formula is C22H20N6O. The molecule has 3 N–H and O–H groups in total. The fourth-order valence-electron chi connectivity index (χ4n) is 3.09. The molecule has 1 saturated carbocycles. The Hall–Kier alpha value is -3.92. The summed E-state index contributed by atoms with van der Waals surface area (Å²) in [6.07, 6.45) is 2.53. The summed E-state index contributed by atoms with van der Waals surface area (Å²) in [5, 5.41) is 9.22. The second-order valence-corrected chi connectivity index (χ2v) is 6.67. The van der Waals surface area contributed by atoms with Crippen LogP contribution >= 0.6 is 0 Å². The lowest BCUT2D eigenvalue weighted by molar-refractivity contribution is -0.111. The Kier molecular flexibility index (Phi) is 5.34. The summed E-state index contributed by atoms with van der Waals surface area (Å²) in [6, 6.07) is 18.0. The van der Waals surface area contributed by atoms with Crippen molar-refractivity contribution in [1.29, 1.82) is 0 Å². The molecule has 0 radical (unpaired) electrons. The molecule has 2 atom stereocenters. The van der Waals surface area contributed by atoms with Crippen molar-refractivity contribution in [3.8, 4) is 11.8 Å². The maximum atomic E-state index is 11.6. The minimum atomic E-state index is -0.353. The van der Waals surface area contributed by atoms with Crippen LogP contribution in [-0.4, -0.2) is 26.9 Å². The molecule has 1 heterocycles. The number of amides is 1. The van der Waals surface area contributed by atoms with Gasteiger partial charge in [-0.05, 0) is 43.0 Å². The van der Waals surface area contributed by atoms with Crippen LogP contribution in [0.3, 0.4) is 0 Å². The van der Waals surface area contributed by atoms with Crippen molar-refractivity contribution < 1.29 is 4.79 Å². The molecule has 2 unspecified atom stereocenters. The van der Waals surface area contributed by atoms with Crippen LogP contribution in [0.4, 0.5) is 23.3 Å². The minimum absolute atomic E-state index is 0.325. The van der Waals surface area contributed by atoms with E-state index in [-0.39, 0.29) is 5.91 Å². The maximum Gasteiger partial charge on any atom is 0.300 e. The second-order valence-electron chi connectivity index (χ2n) is 6.67. The number of nitrogens with one attached hydrogen (secondary N) is 3. The fraction of sp³-hybridized carbons (Fsp3) is 0.182. The van der Waals surface area contributed by atoms with Gasteiger partial charge in [-0.15, -0.1) is 0 Å². The van der Waals surface area contributed by atoms with Crippen LogP contribution in [0.5, 0.6) is 0 Å². The number of rotatable bonds is 6. The van der Waals surface area contributed by atoms with Gasteiger partial charge < -0.3 is 16.0 Å². The number of carbonyl (C=O) groups is 1. The third-order valence-corrected chi connectivity index (χ3v) is 4.52. The molecule has 29 heavy (non-hydrogen) atoms. The Morgan fingerprint density at radius 3 is 2.66 bits per heavy atom. The van der Waals surface area contributed by atoms with Crippen LogP contribution in [0.1, 0.15) is 24.8 Å². The van der Waals surface area contributed by atoms with Gasteiger partial charge in [-0.25, -0.2) is 9.97 Å². The van der Waals surface area contributed by atoms with Crippen LogP contribution in [0, 0.1) is 11.8 Å². The minimum Gasteiger partial charge on any atom is -0.351 e. The van der Waals surface area contributed by atoms with E-state index in [1.807, 2.05) is 18.2 Å². The Balaban J connectivity index is 1.39. The molecule has 7 heteroatoms.